The SMILES string of the molecule is CC(C)c1cccc(C(C)C)c1N1C=CN(c2c(C(C)C)cccc2C(C)C)C1=CP(C(C)C)C(C)C. The van der Waals surface area contributed by atoms with Crippen LogP contribution in [-0.4, -0.2) is 11.3 Å². The van der Waals surface area contributed by atoms with Crippen LogP contribution >= 0.6 is 7.92 Å². The van der Waals surface area contributed by atoms with Gasteiger partial charge in [-0.2, -0.15) is 0 Å². The topological polar surface area (TPSA) is 6.48 Å². The van der Waals surface area contributed by atoms with Crippen LogP contribution in [0.1, 0.15) is 129 Å². The lowest BCUT2D eigenvalue weighted by atomic mass is 9.91. The molecule has 0 N–H and O–H groups in total. The molecule has 0 unspecified atom stereocenters. The van der Waals surface area contributed by atoms with Crippen molar-refractivity contribution in [3.8, 4) is 0 Å². The van der Waals surface area contributed by atoms with Crippen LogP contribution in [0.5, 0.6) is 0 Å². The summed E-state index contributed by atoms with van der Waals surface area (Å²) in [5.41, 5.74) is 9.67. The van der Waals surface area contributed by atoms with Gasteiger partial charge in [-0.25, -0.2) is 0 Å². The molecule has 0 aromatic heterocycles. The summed E-state index contributed by atoms with van der Waals surface area (Å²) in [6.07, 6.45) is 4.66. The molecule has 0 fully saturated rings. The zero-order valence-corrected chi connectivity index (χ0v) is 26.4. The van der Waals surface area contributed by atoms with Crippen LogP contribution in [0.4, 0.5) is 11.4 Å². The van der Waals surface area contributed by atoms with E-state index in [0.29, 0.717) is 35.0 Å². The van der Waals surface area contributed by atoms with E-state index >= 15 is 0 Å². The van der Waals surface area contributed by atoms with Crippen molar-refractivity contribution in [2.24, 2.45) is 0 Å². The van der Waals surface area contributed by atoms with Crippen molar-refractivity contribution in [1.82, 2.24) is 0 Å². The molecule has 0 saturated carbocycles. The average Bonchev–Trinajstić information content (AvgIpc) is 3.23. The summed E-state index contributed by atoms with van der Waals surface area (Å²) in [4.78, 5) is 5.04. The summed E-state index contributed by atoms with van der Waals surface area (Å²) in [6.45, 7) is 28.2. The number of rotatable bonds is 9. The molecule has 3 heteroatoms. The first-order valence-electron chi connectivity index (χ1n) is 14.4. The highest BCUT2D eigenvalue weighted by molar-refractivity contribution is 7.62. The monoisotopic (exact) mass is 518 g/mol. The molecule has 0 aliphatic carbocycles. The lowest BCUT2D eigenvalue weighted by Gasteiger charge is -2.35. The largest absolute Gasteiger partial charge is 0.301 e. The van der Waals surface area contributed by atoms with Crippen LogP contribution in [0, 0.1) is 0 Å². The Kier molecular flexibility index (Phi) is 9.73. The first kappa shape index (κ1) is 29.5. The summed E-state index contributed by atoms with van der Waals surface area (Å²) >= 11 is 0. The van der Waals surface area contributed by atoms with Crippen molar-refractivity contribution < 1.29 is 0 Å². The molecule has 1 aliphatic heterocycles. The number of anilines is 2. The van der Waals surface area contributed by atoms with Crippen molar-refractivity contribution in [2.75, 3.05) is 9.80 Å². The molecule has 0 atom stereocenters. The predicted molar refractivity (Wildman–Crippen MR) is 169 cm³/mol. The summed E-state index contributed by atoms with van der Waals surface area (Å²) in [5.74, 6) is 5.73. The van der Waals surface area contributed by atoms with Crippen molar-refractivity contribution in [1.29, 1.82) is 0 Å². The molecule has 3 rings (SSSR count). The number of benzene rings is 2. The molecule has 0 amide bonds. The Morgan fingerprint density at radius 2 is 0.811 bits per heavy atom. The van der Waals surface area contributed by atoms with Gasteiger partial charge in [-0.1, -0.05) is 127 Å². The van der Waals surface area contributed by atoms with Crippen LogP contribution in [0.2, 0.25) is 0 Å². The van der Waals surface area contributed by atoms with Crippen molar-refractivity contribution in [2.45, 2.75) is 118 Å². The first-order chi connectivity index (χ1) is 17.4. The van der Waals surface area contributed by atoms with Gasteiger partial charge in [0.25, 0.3) is 0 Å². The highest BCUT2D eigenvalue weighted by atomic mass is 31.1. The molecule has 202 valence electrons. The third kappa shape index (κ3) is 6.17. The summed E-state index contributed by atoms with van der Waals surface area (Å²) in [7, 11) is -0.309. The fraction of sp³-hybridized carbons (Fsp3) is 0.529. The van der Waals surface area contributed by atoms with E-state index in [0.717, 1.165) is 0 Å². The van der Waals surface area contributed by atoms with Gasteiger partial charge in [0.2, 0.25) is 0 Å². The first-order valence-corrected chi connectivity index (χ1v) is 15.9. The fourth-order valence-electron chi connectivity index (χ4n) is 5.51. The van der Waals surface area contributed by atoms with Gasteiger partial charge in [0.15, 0.2) is 0 Å². The van der Waals surface area contributed by atoms with Gasteiger partial charge in [0.05, 0.1) is 11.4 Å². The Balaban J connectivity index is 2.36. The molecular formula is C34H51N2P. The van der Waals surface area contributed by atoms with Crippen LogP contribution in [-0.2, 0) is 0 Å². The van der Waals surface area contributed by atoms with E-state index in [2.05, 4.69) is 147 Å². The Bertz CT molecular complexity index is 985. The smallest absolute Gasteiger partial charge is 0.122 e. The number of hydrogen-bond acceptors (Lipinski definition) is 2. The van der Waals surface area contributed by atoms with E-state index < -0.39 is 0 Å². The van der Waals surface area contributed by atoms with E-state index in [4.69, 9.17) is 0 Å². The van der Waals surface area contributed by atoms with Crippen LogP contribution < -0.4 is 9.80 Å². The fourth-order valence-corrected chi connectivity index (χ4v) is 7.82. The van der Waals surface area contributed by atoms with E-state index in [1.165, 1.54) is 39.4 Å². The lowest BCUT2D eigenvalue weighted by molar-refractivity contribution is 0.820. The molecule has 37 heavy (non-hydrogen) atoms. The zero-order chi connectivity index (χ0) is 27.6. The second-order valence-corrected chi connectivity index (χ2v) is 15.6. The maximum absolute atomic E-state index is 2.63. The Labute approximate surface area is 229 Å². The highest BCUT2D eigenvalue weighted by Crippen LogP contribution is 2.52. The van der Waals surface area contributed by atoms with Gasteiger partial charge in [0, 0.05) is 12.4 Å². The summed E-state index contributed by atoms with van der Waals surface area (Å²) in [6, 6.07) is 13.8. The van der Waals surface area contributed by atoms with Crippen LogP contribution in [0.3, 0.4) is 0 Å². The zero-order valence-electron chi connectivity index (χ0n) is 25.5. The highest BCUT2D eigenvalue weighted by Gasteiger charge is 2.32. The van der Waals surface area contributed by atoms with Gasteiger partial charge in [-0.15, -0.1) is 0 Å². The third-order valence-corrected chi connectivity index (χ3v) is 10.4. The van der Waals surface area contributed by atoms with Gasteiger partial charge in [-0.05, 0) is 63.1 Å². The van der Waals surface area contributed by atoms with Crippen LogP contribution in [0.25, 0.3) is 0 Å². The standard InChI is InChI=1S/C34H51N2P/c1-22(2)28-15-13-16-29(23(3)4)33(28)35-19-20-36(32(35)21-37(26(9)10)27(11)12)34-30(24(5)6)17-14-18-31(34)25(7)8/h13-27H,1-12H3. The quantitative estimate of drug-likeness (QED) is 0.305. The molecular weight excluding hydrogens is 467 g/mol. The molecule has 0 spiro atoms. The molecule has 2 nitrogen and oxygen atoms in total. The number of hydrogen-bond donors (Lipinski definition) is 0. The molecule has 1 heterocycles. The second kappa shape index (κ2) is 12.2. The number of nitrogens with zero attached hydrogens (tertiary/aromatic N) is 2. The molecule has 1 aliphatic rings. The summed E-state index contributed by atoms with van der Waals surface area (Å²) < 4.78 is 0. The normalized spacial score (nSPS) is 14.3. The van der Waals surface area contributed by atoms with Gasteiger partial charge in [-0.3, -0.25) is 0 Å². The molecule has 0 saturated heterocycles. The van der Waals surface area contributed by atoms with Crippen molar-refractivity contribution in [3.05, 3.63) is 82.7 Å². The maximum Gasteiger partial charge on any atom is 0.122 e. The molecule has 0 radical (unpaired) electrons. The minimum Gasteiger partial charge on any atom is -0.301 e. The van der Waals surface area contributed by atoms with Crippen LogP contribution in [0.15, 0.2) is 60.4 Å². The minimum absolute atomic E-state index is 0.309. The van der Waals surface area contributed by atoms with Gasteiger partial charge < -0.3 is 9.80 Å². The van der Waals surface area contributed by atoms with E-state index in [9.17, 15) is 0 Å². The van der Waals surface area contributed by atoms with Crippen molar-refractivity contribution in [3.63, 3.8) is 0 Å². The Morgan fingerprint density at radius 3 is 1.05 bits per heavy atom. The lowest BCUT2D eigenvalue weighted by Crippen LogP contribution is -2.26. The molecule has 2 aromatic carbocycles. The van der Waals surface area contributed by atoms with Gasteiger partial charge in [0.1, 0.15) is 5.82 Å². The summed E-state index contributed by atoms with van der Waals surface area (Å²) in [5, 5.41) is 0. The number of para-hydroxylation sites is 2. The Hall–Kier alpha value is -2.05. The minimum atomic E-state index is -0.309. The van der Waals surface area contributed by atoms with E-state index in [-0.39, 0.29) is 7.92 Å². The van der Waals surface area contributed by atoms with Crippen molar-refractivity contribution >= 4 is 19.3 Å². The molecule has 0 bridgehead atoms. The van der Waals surface area contributed by atoms with E-state index in [1.54, 1.807) is 0 Å². The third-order valence-electron chi connectivity index (χ3n) is 7.48. The molecule has 2 aromatic rings. The predicted octanol–water partition coefficient (Wildman–Crippen LogP) is 11.1. The average molecular weight is 519 g/mol. The maximum atomic E-state index is 2.63. The second-order valence-electron chi connectivity index (χ2n) is 12.3. The van der Waals surface area contributed by atoms with E-state index in [1.807, 2.05) is 0 Å². The Morgan fingerprint density at radius 1 is 0.514 bits per heavy atom. The van der Waals surface area contributed by atoms with Gasteiger partial charge >= 0.3 is 0 Å².